The van der Waals surface area contributed by atoms with E-state index in [9.17, 15) is 24.7 Å². The number of β-lactam (4-membered cyclic amide) rings is 1. The predicted octanol–water partition coefficient (Wildman–Crippen LogP) is 1.98. The number of thioether (sulfide) groups is 2. The first kappa shape index (κ1) is 28.2. The number of thiazole rings is 1. The average Bonchev–Trinajstić information content (AvgIpc) is 3.23. The van der Waals surface area contributed by atoms with Gasteiger partial charge in [-0.15, -0.1) is 0 Å². The number of pyridine rings is 1. The van der Waals surface area contributed by atoms with Crippen molar-refractivity contribution in [3.05, 3.63) is 44.7 Å². The first-order valence-electron chi connectivity index (χ1n) is 11.4. The molecule has 2 aliphatic rings. The highest BCUT2D eigenvalue weighted by atomic mass is 35.5. The number of aromatic nitrogens is 2. The van der Waals surface area contributed by atoms with E-state index in [1.807, 2.05) is 13.1 Å². The lowest BCUT2D eigenvalue weighted by Gasteiger charge is -2.50. The standard InChI is InChI=1S/C22H24ClN7O5S3/c1-25-7-8-36-9-10-12(3-2-6-26-10)37-13-5-4-11-14(20(32)30(11)17(13)21(33)34)27-19(31)16(29-35)15-18(23)38-22(24)28-15/h2-3,6,11,14,25,35H,4-5,7-9H2,1H3,(H2,24,28)(H,27,31)(H,33,34)/b29-16-. The van der Waals surface area contributed by atoms with Crippen molar-refractivity contribution < 1.29 is 24.7 Å². The van der Waals surface area contributed by atoms with Gasteiger partial charge in [0.05, 0.1) is 11.7 Å². The molecule has 16 heteroatoms. The number of fused-ring (bicyclic) bond motifs is 1. The zero-order valence-electron chi connectivity index (χ0n) is 20.0. The van der Waals surface area contributed by atoms with Crippen molar-refractivity contribution in [1.29, 1.82) is 0 Å². The van der Waals surface area contributed by atoms with Crippen LogP contribution in [0, 0.1) is 0 Å². The molecule has 2 unspecified atom stereocenters. The van der Waals surface area contributed by atoms with Crippen molar-refractivity contribution in [3.8, 4) is 0 Å². The first-order valence-corrected chi connectivity index (χ1v) is 14.5. The molecule has 0 spiro atoms. The van der Waals surface area contributed by atoms with Gasteiger partial charge in [-0.25, -0.2) is 9.78 Å². The summed E-state index contributed by atoms with van der Waals surface area (Å²) in [5, 5.41) is 28.1. The van der Waals surface area contributed by atoms with Crippen molar-refractivity contribution >= 4 is 75.1 Å². The molecule has 2 aromatic rings. The van der Waals surface area contributed by atoms with E-state index in [1.165, 1.54) is 16.7 Å². The summed E-state index contributed by atoms with van der Waals surface area (Å²) in [4.78, 5) is 49.1. The number of nitrogens with one attached hydrogen (secondary N) is 2. The number of carboxylic acid groups (broad SMARTS) is 1. The van der Waals surface area contributed by atoms with Gasteiger partial charge in [-0.2, -0.15) is 11.8 Å². The number of amides is 2. The molecule has 2 aromatic heterocycles. The van der Waals surface area contributed by atoms with Crippen LogP contribution in [0.3, 0.4) is 0 Å². The molecule has 6 N–H and O–H groups in total. The summed E-state index contributed by atoms with van der Waals surface area (Å²) in [6.45, 7) is 0.862. The molecular formula is C22H24ClN7O5S3. The fourth-order valence-corrected chi connectivity index (χ4v) is 7.19. The molecule has 0 bridgehead atoms. The van der Waals surface area contributed by atoms with E-state index in [2.05, 4.69) is 25.8 Å². The lowest BCUT2D eigenvalue weighted by molar-refractivity contribution is -0.155. The maximum atomic E-state index is 13.1. The van der Waals surface area contributed by atoms with Gasteiger partial charge < -0.3 is 26.7 Å². The number of aliphatic carboxylic acids is 1. The molecular weight excluding hydrogens is 574 g/mol. The van der Waals surface area contributed by atoms with Crippen LogP contribution in [0.5, 0.6) is 0 Å². The van der Waals surface area contributed by atoms with Crippen molar-refractivity contribution in [1.82, 2.24) is 25.5 Å². The molecule has 1 fully saturated rings. The van der Waals surface area contributed by atoms with Crippen LogP contribution in [0.2, 0.25) is 4.34 Å². The number of hydrogen-bond acceptors (Lipinski definition) is 12. The van der Waals surface area contributed by atoms with Gasteiger partial charge in [0.15, 0.2) is 10.8 Å². The maximum absolute atomic E-state index is 13.1. The van der Waals surface area contributed by atoms with Gasteiger partial charge in [-0.05, 0) is 32.0 Å². The minimum Gasteiger partial charge on any atom is -0.477 e. The van der Waals surface area contributed by atoms with Gasteiger partial charge >= 0.3 is 5.97 Å². The molecule has 12 nitrogen and oxygen atoms in total. The number of carbonyl (C=O) groups excluding carboxylic acids is 2. The van der Waals surface area contributed by atoms with Gasteiger partial charge in [0.1, 0.15) is 21.8 Å². The van der Waals surface area contributed by atoms with Gasteiger partial charge in [-0.1, -0.05) is 39.9 Å². The van der Waals surface area contributed by atoms with E-state index in [1.54, 1.807) is 24.0 Å². The summed E-state index contributed by atoms with van der Waals surface area (Å²) < 4.78 is 0.0534. The van der Waals surface area contributed by atoms with Crippen LogP contribution in [0.4, 0.5) is 5.13 Å². The molecule has 2 aliphatic heterocycles. The highest BCUT2D eigenvalue weighted by Gasteiger charge is 2.54. The summed E-state index contributed by atoms with van der Waals surface area (Å²) in [5.41, 5.74) is 5.74. The summed E-state index contributed by atoms with van der Waals surface area (Å²) in [6.07, 6.45) is 2.52. The molecule has 0 radical (unpaired) electrons. The normalized spacial score (nSPS) is 19.3. The van der Waals surface area contributed by atoms with Crippen LogP contribution in [0.15, 0.2) is 39.0 Å². The Labute approximate surface area is 235 Å². The van der Waals surface area contributed by atoms with Crippen LogP contribution in [-0.4, -0.2) is 80.1 Å². The van der Waals surface area contributed by atoms with E-state index in [4.69, 9.17) is 17.3 Å². The number of nitrogens with zero attached hydrogens (tertiary/aromatic N) is 4. The zero-order valence-corrected chi connectivity index (χ0v) is 23.2. The van der Waals surface area contributed by atoms with Crippen LogP contribution >= 0.6 is 46.5 Å². The van der Waals surface area contributed by atoms with Gasteiger partial charge in [-0.3, -0.25) is 19.5 Å². The summed E-state index contributed by atoms with van der Waals surface area (Å²) in [5.74, 6) is -1.11. The van der Waals surface area contributed by atoms with E-state index in [0.717, 1.165) is 34.2 Å². The molecule has 4 heterocycles. The molecule has 2 amide bonds. The Morgan fingerprint density at radius 2 is 2.21 bits per heavy atom. The molecule has 0 aliphatic carbocycles. The summed E-state index contributed by atoms with van der Waals surface area (Å²) in [6, 6.07) is 2.12. The maximum Gasteiger partial charge on any atom is 0.353 e. The Balaban J connectivity index is 1.50. The molecule has 0 aromatic carbocycles. The van der Waals surface area contributed by atoms with Gasteiger partial charge in [0.25, 0.3) is 11.8 Å². The number of halogens is 1. The minimum absolute atomic E-state index is 0.0534. The third kappa shape index (κ3) is 5.76. The number of anilines is 1. The van der Waals surface area contributed by atoms with Crippen LogP contribution < -0.4 is 16.4 Å². The second-order valence-corrected chi connectivity index (χ2v) is 12.0. The minimum atomic E-state index is -1.23. The van der Waals surface area contributed by atoms with Crippen LogP contribution in [-0.2, 0) is 20.1 Å². The summed E-state index contributed by atoms with van der Waals surface area (Å²) >= 11 is 9.94. The Kier molecular flexibility index (Phi) is 9.15. The lowest BCUT2D eigenvalue weighted by atomic mass is 9.86. The van der Waals surface area contributed by atoms with Crippen molar-refractivity contribution in [3.63, 3.8) is 0 Å². The Morgan fingerprint density at radius 1 is 1.42 bits per heavy atom. The number of carbonyl (C=O) groups is 3. The average molecular weight is 598 g/mol. The largest absolute Gasteiger partial charge is 0.477 e. The number of allylic oxidation sites excluding steroid dienone is 1. The number of rotatable bonds is 11. The topological polar surface area (TPSA) is 183 Å². The smallest absolute Gasteiger partial charge is 0.353 e. The van der Waals surface area contributed by atoms with Crippen LogP contribution in [0.1, 0.15) is 24.2 Å². The van der Waals surface area contributed by atoms with Crippen molar-refractivity contribution in [2.24, 2.45) is 5.16 Å². The van der Waals surface area contributed by atoms with E-state index >= 15 is 0 Å². The second-order valence-electron chi connectivity index (χ2n) is 8.17. The monoisotopic (exact) mass is 597 g/mol. The highest BCUT2D eigenvalue weighted by molar-refractivity contribution is 8.03. The number of oxime groups is 1. The van der Waals surface area contributed by atoms with E-state index in [0.29, 0.717) is 23.5 Å². The lowest BCUT2D eigenvalue weighted by Crippen LogP contribution is -2.72. The number of nitrogen functional groups attached to an aromatic ring is 1. The highest BCUT2D eigenvalue weighted by Crippen LogP contribution is 2.44. The molecule has 38 heavy (non-hydrogen) atoms. The Morgan fingerprint density at radius 3 is 2.87 bits per heavy atom. The molecule has 202 valence electrons. The fraction of sp³-hybridized carbons (Fsp3) is 0.364. The summed E-state index contributed by atoms with van der Waals surface area (Å²) in [7, 11) is 1.89. The quantitative estimate of drug-likeness (QED) is 0.0839. The Bertz CT molecular complexity index is 1320. The molecule has 2 atom stereocenters. The third-order valence-electron chi connectivity index (χ3n) is 5.84. The SMILES string of the molecule is CNCCSCc1ncccc1SC1=C(C(=O)O)N2C(=O)C(NC(=O)/C(=N\O)c3nc(N)sc3Cl)C2CC1. The van der Waals surface area contributed by atoms with Gasteiger partial charge in [0, 0.05) is 34.0 Å². The number of nitrogens with two attached hydrogens (primary N) is 1. The zero-order chi connectivity index (χ0) is 27.4. The van der Waals surface area contributed by atoms with E-state index < -0.39 is 35.6 Å². The van der Waals surface area contributed by atoms with Gasteiger partial charge in [0.2, 0.25) is 0 Å². The number of hydrogen-bond donors (Lipinski definition) is 5. The van der Waals surface area contributed by atoms with Crippen LogP contribution in [0.25, 0.3) is 0 Å². The molecule has 1 saturated heterocycles. The predicted molar refractivity (Wildman–Crippen MR) is 147 cm³/mol. The fourth-order valence-electron chi connectivity index (χ4n) is 4.10. The van der Waals surface area contributed by atoms with Crippen molar-refractivity contribution in [2.45, 2.75) is 35.6 Å². The first-order chi connectivity index (χ1) is 18.3. The number of carboxylic acids is 1. The Hall–Kier alpha value is -2.85. The van der Waals surface area contributed by atoms with Crippen molar-refractivity contribution in [2.75, 3.05) is 25.1 Å². The van der Waals surface area contributed by atoms with E-state index in [-0.39, 0.29) is 20.9 Å². The second kappa shape index (κ2) is 12.3. The molecule has 0 saturated carbocycles. The molecule has 4 rings (SSSR count). The third-order valence-corrected chi connectivity index (χ3v) is 9.13.